The zero-order valence-corrected chi connectivity index (χ0v) is 15.9. The van der Waals surface area contributed by atoms with Gasteiger partial charge in [-0.15, -0.1) is 0 Å². The molecule has 1 aromatic rings. The maximum atomic E-state index is 11.9. The molecule has 0 N–H and O–H groups in total. The van der Waals surface area contributed by atoms with Gasteiger partial charge in [-0.3, -0.25) is 4.79 Å². The Labute approximate surface area is 152 Å². The second-order valence-corrected chi connectivity index (χ2v) is 8.66. The molecule has 136 valence electrons. The first-order valence-corrected chi connectivity index (χ1v) is 9.54. The van der Waals surface area contributed by atoms with Gasteiger partial charge in [0.2, 0.25) is 0 Å². The van der Waals surface area contributed by atoms with Crippen molar-refractivity contribution in [1.82, 2.24) is 4.90 Å². The Morgan fingerprint density at radius 3 is 2.44 bits per heavy atom. The van der Waals surface area contributed by atoms with E-state index >= 15 is 0 Å². The largest absolute Gasteiger partial charge is 0.460 e. The Balaban J connectivity index is 1.65. The van der Waals surface area contributed by atoms with Crippen molar-refractivity contribution in [2.75, 3.05) is 19.6 Å². The standard InChI is InChI=1S/C22H31NO2/c1-21(2,3)25-20(24)10-6-9-18-7-4-5-8-19(18)17-22-11-14-23(15-12-22)16-13-22/h4-9H,10-17H2,1-3H3/b9-6+. The van der Waals surface area contributed by atoms with Crippen LogP contribution in [0.2, 0.25) is 0 Å². The van der Waals surface area contributed by atoms with E-state index in [9.17, 15) is 4.79 Å². The second-order valence-electron chi connectivity index (χ2n) is 8.66. The van der Waals surface area contributed by atoms with Crippen LogP contribution in [0.15, 0.2) is 30.3 Å². The molecule has 3 heterocycles. The zero-order chi connectivity index (χ0) is 17.9. The quantitative estimate of drug-likeness (QED) is 0.741. The zero-order valence-electron chi connectivity index (χ0n) is 15.9. The average Bonchev–Trinajstić information content (AvgIpc) is 2.56. The van der Waals surface area contributed by atoms with Crippen LogP contribution < -0.4 is 0 Å². The lowest BCUT2D eigenvalue weighted by molar-refractivity contribution is -0.153. The minimum Gasteiger partial charge on any atom is -0.460 e. The molecule has 0 amide bonds. The lowest BCUT2D eigenvalue weighted by Crippen LogP contribution is -2.49. The molecule has 4 rings (SSSR count). The van der Waals surface area contributed by atoms with Gasteiger partial charge in [-0.1, -0.05) is 36.4 Å². The van der Waals surface area contributed by atoms with Gasteiger partial charge < -0.3 is 9.64 Å². The number of esters is 1. The molecule has 3 aliphatic rings. The number of hydrogen-bond donors (Lipinski definition) is 0. The summed E-state index contributed by atoms with van der Waals surface area (Å²) in [6, 6.07) is 8.63. The average molecular weight is 341 g/mol. The topological polar surface area (TPSA) is 29.5 Å². The first-order chi connectivity index (χ1) is 11.9. The lowest BCUT2D eigenvalue weighted by Gasteiger charge is -2.48. The van der Waals surface area contributed by atoms with Gasteiger partial charge in [0, 0.05) is 0 Å². The van der Waals surface area contributed by atoms with Gasteiger partial charge in [-0.05, 0) is 82.6 Å². The molecule has 0 saturated carbocycles. The van der Waals surface area contributed by atoms with Crippen molar-refractivity contribution in [2.24, 2.45) is 5.41 Å². The summed E-state index contributed by atoms with van der Waals surface area (Å²) in [5.74, 6) is -0.167. The van der Waals surface area contributed by atoms with E-state index in [0.29, 0.717) is 11.8 Å². The van der Waals surface area contributed by atoms with E-state index in [1.54, 1.807) is 0 Å². The first kappa shape index (κ1) is 18.2. The van der Waals surface area contributed by atoms with Crippen molar-refractivity contribution in [2.45, 2.75) is 58.5 Å². The van der Waals surface area contributed by atoms with Gasteiger partial charge in [0.05, 0.1) is 6.42 Å². The van der Waals surface area contributed by atoms with Crippen LogP contribution >= 0.6 is 0 Å². The summed E-state index contributed by atoms with van der Waals surface area (Å²) in [5.41, 5.74) is 2.73. The summed E-state index contributed by atoms with van der Waals surface area (Å²) in [6.45, 7) is 9.49. The van der Waals surface area contributed by atoms with Crippen LogP contribution in [-0.4, -0.2) is 36.1 Å². The van der Waals surface area contributed by atoms with Crippen molar-refractivity contribution >= 4 is 12.0 Å². The van der Waals surface area contributed by atoms with Crippen molar-refractivity contribution in [3.05, 3.63) is 41.5 Å². The van der Waals surface area contributed by atoms with Crippen LogP contribution in [0.1, 0.15) is 57.6 Å². The molecule has 0 aliphatic carbocycles. The second kappa shape index (κ2) is 7.33. The smallest absolute Gasteiger partial charge is 0.310 e. The summed E-state index contributed by atoms with van der Waals surface area (Å²) < 4.78 is 5.37. The Morgan fingerprint density at radius 2 is 1.80 bits per heavy atom. The molecule has 0 atom stereocenters. The highest BCUT2D eigenvalue weighted by Gasteiger charge is 2.39. The molecule has 3 nitrogen and oxygen atoms in total. The highest BCUT2D eigenvalue weighted by atomic mass is 16.6. The normalized spacial score (nSPS) is 26.1. The molecule has 3 fully saturated rings. The summed E-state index contributed by atoms with van der Waals surface area (Å²) in [5, 5.41) is 0. The SMILES string of the molecule is CC(C)(C)OC(=O)C/C=C/c1ccccc1CC12CCN(CC1)CC2. The van der Waals surface area contributed by atoms with Gasteiger partial charge in [0.1, 0.15) is 5.60 Å². The number of hydrogen-bond acceptors (Lipinski definition) is 3. The molecule has 0 radical (unpaired) electrons. The molecule has 0 unspecified atom stereocenters. The third kappa shape index (κ3) is 4.94. The summed E-state index contributed by atoms with van der Waals surface area (Å²) in [6.07, 6.45) is 9.48. The van der Waals surface area contributed by atoms with Gasteiger partial charge in [0.15, 0.2) is 0 Å². The molecule has 0 aromatic heterocycles. The van der Waals surface area contributed by atoms with Crippen LogP contribution in [-0.2, 0) is 16.0 Å². The van der Waals surface area contributed by atoms with Gasteiger partial charge in [-0.2, -0.15) is 0 Å². The van der Waals surface area contributed by atoms with Gasteiger partial charge in [0.25, 0.3) is 0 Å². The summed E-state index contributed by atoms with van der Waals surface area (Å²) in [7, 11) is 0. The Kier molecular flexibility index (Phi) is 5.33. The highest BCUT2D eigenvalue weighted by molar-refractivity contribution is 5.73. The monoisotopic (exact) mass is 341 g/mol. The number of carbonyl (C=O) groups excluding carboxylic acids is 1. The highest BCUT2D eigenvalue weighted by Crippen LogP contribution is 2.43. The maximum Gasteiger partial charge on any atom is 0.310 e. The molecule has 3 aliphatic heterocycles. The number of nitrogens with zero attached hydrogens (tertiary/aromatic N) is 1. The van der Waals surface area contributed by atoms with E-state index in [1.807, 2.05) is 26.8 Å². The fourth-order valence-corrected chi connectivity index (χ4v) is 4.09. The van der Waals surface area contributed by atoms with Crippen LogP contribution in [0.5, 0.6) is 0 Å². The molecular formula is C22H31NO2. The molecule has 1 aromatic carbocycles. The fraction of sp³-hybridized carbons (Fsp3) is 0.591. The lowest BCUT2D eigenvalue weighted by atomic mass is 9.68. The Bertz CT molecular complexity index is 620. The van der Waals surface area contributed by atoms with Crippen LogP contribution in [0.25, 0.3) is 6.08 Å². The summed E-state index contributed by atoms with van der Waals surface area (Å²) in [4.78, 5) is 14.5. The van der Waals surface area contributed by atoms with Crippen molar-refractivity contribution < 1.29 is 9.53 Å². The Hall–Kier alpha value is -1.61. The van der Waals surface area contributed by atoms with E-state index < -0.39 is 5.60 Å². The predicted molar refractivity (Wildman–Crippen MR) is 102 cm³/mol. The van der Waals surface area contributed by atoms with E-state index in [4.69, 9.17) is 4.74 Å². The van der Waals surface area contributed by atoms with E-state index in [1.165, 1.54) is 50.0 Å². The predicted octanol–water partition coefficient (Wildman–Crippen LogP) is 4.46. The molecule has 3 heteroatoms. The van der Waals surface area contributed by atoms with Crippen molar-refractivity contribution in [3.63, 3.8) is 0 Å². The molecule has 25 heavy (non-hydrogen) atoms. The first-order valence-electron chi connectivity index (χ1n) is 9.54. The van der Waals surface area contributed by atoms with Crippen molar-refractivity contribution in [1.29, 1.82) is 0 Å². The number of benzene rings is 1. The third-order valence-electron chi connectivity index (χ3n) is 5.50. The fourth-order valence-electron chi connectivity index (χ4n) is 4.09. The van der Waals surface area contributed by atoms with Crippen LogP contribution in [0.4, 0.5) is 0 Å². The Morgan fingerprint density at radius 1 is 1.16 bits per heavy atom. The molecule has 2 bridgehead atoms. The molecule has 0 spiro atoms. The van der Waals surface area contributed by atoms with Gasteiger partial charge in [-0.25, -0.2) is 0 Å². The van der Waals surface area contributed by atoms with Crippen LogP contribution in [0.3, 0.4) is 0 Å². The van der Waals surface area contributed by atoms with E-state index in [0.717, 1.165) is 6.42 Å². The molecular weight excluding hydrogens is 310 g/mol. The minimum absolute atomic E-state index is 0.167. The number of carbonyl (C=O) groups is 1. The number of ether oxygens (including phenoxy) is 1. The van der Waals surface area contributed by atoms with E-state index in [-0.39, 0.29) is 5.97 Å². The van der Waals surface area contributed by atoms with Gasteiger partial charge >= 0.3 is 5.97 Å². The number of piperidine rings is 3. The summed E-state index contributed by atoms with van der Waals surface area (Å²) >= 11 is 0. The van der Waals surface area contributed by atoms with E-state index in [2.05, 4.69) is 35.2 Å². The third-order valence-corrected chi connectivity index (χ3v) is 5.50. The molecule has 3 saturated heterocycles. The maximum absolute atomic E-state index is 11.9. The number of fused-ring (bicyclic) bond motifs is 3. The number of rotatable bonds is 5. The van der Waals surface area contributed by atoms with Crippen molar-refractivity contribution in [3.8, 4) is 0 Å². The minimum atomic E-state index is -0.419. The van der Waals surface area contributed by atoms with Crippen LogP contribution in [0, 0.1) is 5.41 Å².